The second kappa shape index (κ2) is 15.7. The highest BCUT2D eigenvalue weighted by atomic mass is 79.9. The molecule has 4 aromatic rings. The number of rotatable bonds is 14. The number of carbonyl (C=O) groups is 2. The first-order valence-electron chi connectivity index (χ1n) is 14.7. The SMILES string of the molecule is CCCNC(=O)[C@@H](Cc1ccccc1)N(Cc1ccc(Br)cc1)C(=O)CN(c1cccc(OC)c1)S(=O)(=O)c1ccc(C)cc1. The van der Waals surface area contributed by atoms with Crippen LogP contribution in [0, 0.1) is 6.92 Å². The number of nitrogens with zero attached hydrogens (tertiary/aromatic N) is 2. The monoisotopic (exact) mass is 691 g/mol. The minimum Gasteiger partial charge on any atom is -0.497 e. The molecule has 4 aromatic carbocycles. The van der Waals surface area contributed by atoms with Gasteiger partial charge in [0.2, 0.25) is 11.8 Å². The fourth-order valence-corrected chi connectivity index (χ4v) is 6.51. The van der Waals surface area contributed by atoms with Crippen molar-refractivity contribution >= 4 is 43.5 Å². The minimum absolute atomic E-state index is 0.0460. The van der Waals surface area contributed by atoms with E-state index in [2.05, 4.69) is 21.2 Å². The largest absolute Gasteiger partial charge is 0.497 e. The van der Waals surface area contributed by atoms with E-state index in [0.717, 1.165) is 31.9 Å². The lowest BCUT2D eigenvalue weighted by Gasteiger charge is -2.34. The average molecular weight is 693 g/mol. The molecule has 0 saturated heterocycles. The molecule has 1 atom stereocenters. The summed E-state index contributed by atoms with van der Waals surface area (Å²) in [5.41, 5.74) is 2.84. The average Bonchev–Trinajstić information content (AvgIpc) is 3.05. The van der Waals surface area contributed by atoms with Gasteiger partial charge in [-0.2, -0.15) is 0 Å². The van der Waals surface area contributed by atoms with E-state index in [0.29, 0.717) is 12.3 Å². The van der Waals surface area contributed by atoms with E-state index in [1.54, 1.807) is 36.4 Å². The van der Waals surface area contributed by atoms with Gasteiger partial charge in [0.1, 0.15) is 18.3 Å². The Morgan fingerprint density at radius 2 is 1.58 bits per heavy atom. The molecule has 0 aromatic heterocycles. The Kier molecular flexibility index (Phi) is 11.8. The third-order valence-electron chi connectivity index (χ3n) is 7.32. The fraction of sp³-hybridized carbons (Fsp3) is 0.257. The summed E-state index contributed by atoms with van der Waals surface area (Å²) in [7, 11) is -2.71. The van der Waals surface area contributed by atoms with E-state index in [4.69, 9.17) is 4.74 Å². The van der Waals surface area contributed by atoms with Crippen molar-refractivity contribution in [1.82, 2.24) is 10.2 Å². The summed E-state index contributed by atoms with van der Waals surface area (Å²) in [5, 5.41) is 2.96. The summed E-state index contributed by atoms with van der Waals surface area (Å²) in [4.78, 5) is 29.8. The molecule has 0 fully saturated rings. The summed E-state index contributed by atoms with van der Waals surface area (Å²) in [5.74, 6) is -0.388. The highest BCUT2D eigenvalue weighted by Crippen LogP contribution is 2.28. The van der Waals surface area contributed by atoms with Crippen LogP contribution in [0.15, 0.2) is 112 Å². The lowest BCUT2D eigenvalue weighted by atomic mass is 10.0. The Labute approximate surface area is 274 Å². The fourth-order valence-electron chi connectivity index (χ4n) is 4.84. The van der Waals surface area contributed by atoms with Crippen LogP contribution in [0.2, 0.25) is 0 Å². The molecule has 0 spiro atoms. The van der Waals surface area contributed by atoms with Crippen molar-refractivity contribution in [1.29, 1.82) is 0 Å². The van der Waals surface area contributed by atoms with E-state index in [1.807, 2.05) is 68.4 Å². The number of hydrogen-bond acceptors (Lipinski definition) is 5. The van der Waals surface area contributed by atoms with Gasteiger partial charge >= 0.3 is 0 Å². The Bertz CT molecular complexity index is 1680. The van der Waals surface area contributed by atoms with Crippen LogP contribution >= 0.6 is 15.9 Å². The standard InChI is InChI=1S/C35H38BrN3O5S/c1-4-21-37-35(41)33(22-27-9-6-5-7-10-27)38(24-28-15-17-29(36)18-16-28)34(40)25-39(30-11-8-12-31(23-30)44-3)45(42,43)32-19-13-26(2)14-20-32/h5-20,23,33H,4,21-22,24-25H2,1-3H3,(H,37,41)/t33-/m1/s1. The molecule has 45 heavy (non-hydrogen) atoms. The van der Waals surface area contributed by atoms with Gasteiger partial charge in [0, 0.05) is 30.0 Å². The summed E-state index contributed by atoms with van der Waals surface area (Å²) < 4.78 is 35.7. The second-order valence-corrected chi connectivity index (χ2v) is 13.4. The van der Waals surface area contributed by atoms with Crippen LogP contribution in [0.25, 0.3) is 0 Å². The van der Waals surface area contributed by atoms with Crippen molar-refractivity contribution in [2.24, 2.45) is 0 Å². The molecule has 0 aliphatic rings. The quantitative estimate of drug-likeness (QED) is 0.172. The molecule has 2 amide bonds. The zero-order chi connectivity index (χ0) is 32.4. The molecule has 4 rings (SSSR count). The van der Waals surface area contributed by atoms with Gasteiger partial charge in [-0.1, -0.05) is 89.1 Å². The Balaban J connectivity index is 1.80. The molecule has 8 nitrogen and oxygen atoms in total. The number of amides is 2. The first-order valence-corrected chi connectivity index (χ1v) is 16.9. The summed E-state index contributed by atoms with van der Waals surface area (Å²) in [6.45, 7) is 3.84. The van der Waals surface area contributed by atoms with Crippen molar-refractivity contribution in [2.45, 2.75) is 44.2 Å². The Morgan fingerprint density at radius 3 is 2.22 bits per heavy atom. The normalized spacial score (nSPS) is 11.8. The van der Waals surface area contributed by atoms with Crippen LogP contribution in [-0.4, -0.2) is 51.4 Å². The maximum Gasteiger partial charge on any atom is 0.264 e. The number of sulfonamides is 1. The maximum absolute atomic E-state index is 14.5. The zero-order valence-corrected chi connectivity index (χ0v) is 28.1. The van der Waals surface area contributed by atoms with E-state index in [9.17, 15) is 18.0 Å². The first kappa shape index (κ1) is 33.7. The van der Waals surface area contributed by atoms with Crippen molar-refractivity contribution < 1.29 is 22.7 Å². The number of methoxy groups -OCH3 is 1. The first-order chi connectivity index (χ1) is 21.6. The number of ether oxygens (including phenoxy) is 1. The van der Waals surface area contributed by atoms with Gasteiger partial charge in [0.05, 0.1) is 17.7 Å². The van der Waals surface area contributed by atoms with Crippen LogP contribution < -0.4 is 14.4 Å². The molecule has 0 aliphatic carbocycles. The van der Waals surface area contributed by atoms with Crippen molar-refractivity contribution in [3.63, 3.8) is 0 Å². The van der Waals surface area contributed by atoms with Crippen LogP contribution in [0.4, 0.5) is 5.69 Å². The number of carbonyl (C=O) groups excluding carboxylic acids is 2. The van der Waals surface area contributed by atoms with Gasteiger partial charge in [-0.3, -0.25) is 13.9 Å². The molecular weight excluding hydrogens is 654 g/mol. The smallest absolute Gasteiger partial charge is 0.264 e. The summed E-state index contributed by atoms with van der Waals surface area (Å²) in [6.07, 6.45) is 0.978. The molecule has 0 heterocycles. The molecule has 10 heteroatoms. The molecule has 1 N–H and O–H groups in total. The molecule has 0 saturated carbocycles. The van der Waals surface area contributed by atoms with Crippen molar-refractivity contribution in [3.05, 3.63) is 124 Å². The predicted octanol–water partition coefficient (Wildman–Crippen LogP) is 6.13. The zero-order valence-electron chi connectivity index (χ0n) is 25.6. The number of halogens is 1. The molecule has 0 unspecified atom stereocenters. The van der Waals surface area contributed by atoms with Crippen molar-refractivity contribution in [2.75, 3.05) is 24.5 Å². The summed E-state index contributed by atoms with van der Waals surface area (Å²) in [6, 6.07) is 29.1. The third kappa shape index (κ3) is 8.95. The van der Waals surface area contributed by atoms with Gasteiger partial charge < -0.3 is 15.0 Å². The highest BCUT2D eigenvalue weighted by molar-refractivity contribution is 9.10. The lowest BCUT2D eigenvalue weighted by Crippen LogP contribution is -2.53. The Hall–Kier alpha value is -4.15. The van der Waals surface area contributed by atoms with Crippen LogP contribution in [0.3, 0.4) is 0 Å². The van der Waals surface area contributed by atoms with Gasteiger partial charge in [-0.25, -0.2) is 8.42 Å². The van der Waals surface area contributed by atoms with Gasteiger partial charge in [-0.05, 0) is 60.9 Å². The van der Waals surface area contributed by atoms with Crippen LogP contribution in [0.1, 0.15) is 30.0 Å². The van der Waals surface area contributed by atoms with E-state index in [-0.39, 0.29) is 29.5 Å². The van der Waals surface area contributed by atoms with Crippen molar-refractivity contribution in [3.8, 4) is 5.75 Å². The van der Waals surface area contributed by atoms with Gasteiger partial charge in [-0.15, -0.1) is 0 Å². The number of aryl methyl sites for hydroxylation is 1. The van der Waals surface area contributed by atoms with E-state index in [1.165, 1.54) is 24.1 Å². The summed E-state index contributed by atoms with van der Waals surface area (Å²) >= 11 is 3.46. The minimum atomic E-state index is -4.20. The lowest BCUT2D eigenvalue weighted by molar-refractivity contribution is -0.140. The number of nitrogens with one attached hydrogen (secondary N) is 1. The second-order valence-electron chi connectivity index (χ2n) is 10.7. The van der Waals surface area contributed by atoms with E-state index >= 15 is 0 Å². The number of anilines is 1. The molecular formula is C35H38BrN3O5S. The topological polar surface area (TPSA) is 96.0 Å². The van der Waals surface area contributed by atoms with Crippen LogP contribution in [-0.2, 0) is 32.6 Å². The molecule has 0 radical (unpaired) electrons. The molecule has 236 valence electrons. The van der Waals surface area contributed by atoms with Gasteiger partial charge in [0.25, 0.3) is 10.0 Å². The predicted molar refractivity (Wildman–Crippen MR) is 181 cm³/mol. The van der Waals surface area contributed by atoms with Gasteiger partial charge in [0.15, 0.2) is 0 Å². The number of hydrogen-bond donors (Lipinski definition) is 1. The Morgan fingerprint density at radius 1 is 0.889 bits per heavy atom. The highest BCUT2D eigenvalue weighted by Gasteiger charge is 2.34. The number of benzene rings is 4. The molecule has 0 aliphatic heterocycles. The third-order valence-corrected chi connectivity index (χ3v) is 9.63. The molecule has 0 bridgehead atoms. The maximum atomic E-state index is 14.5. The van der Waals surface area contributed by atoms with Crippen LogP contribution in [0.5, 0.6) is 5.75 Å². The van der Waals surface area contributed by atoms with E-state index < -0.39 is 28.5 Å².